The Morgan fingerprint density at radius 3 is 2.48 bits per heavy atom. The second-order valence-corrected chi connectivity index (χ2v) is 8.53. The molecule has 5 nitrogen and oxygen atoms in total. The minimum atomic E-state index is -0.250. The molecule has 23 heavy (non-hydrogen) atoms. The molecule has 4 saturated carbocycles. The SMILES string of the molecule is CSCc1nc(C(=O)NC23CC4CC(CC(C4)C2)C3)cc(=O)[nH]1. The summed E-state index contributed by atoms with van der Waals surface area (Å²) in [7, 11) is 0. The van der Waals surface area contributed by atoms with Gasteiger partial charge in [-0.15, -0.1) is 0 Å². The predicted molar refractivity (Wildman–Crippen MR) is 90.4 cm³/mol. The zero-order valence-electron chi connectivity index (χ0n) is 13.4. The molecule has 4 aliphatic rings. The lowest BCUT2D eigenvalue weighted by molar-refractivity contribution is -0.0168. The molecule has 2 N–H and O–H groups in total. The molecule has 1 amide bonds. The van der Waals surface area contributed by atoms with Gasteiger partial charge in [0.15, 0.2) is 0 Å². The lowest BCUT2D eigenvalue weighted by Gasteiger charge is -2.56. The third kappa shape index (κ3) is 2.93. The quantitative estimate of drug-likeness (QED) is 0.887. The van der Waals surface area contributed by atoms with Crippen LogP contribution in [0.15, 0.2) is 10.9 Å². The number of aromatic amines is 1. The molecule has 4 fully saturated rings. The van der Waals surface area contributed by atoms with Crippen molar-refractivity contribution in [2.75, 3.05) is 6.26 Å². The minimum absolute atomic E-state index is 0.0458. The molecule has 4 bridgehead atoms. The Bertz CT molecular complexity index is 649. The summed E-state index contributed by atoms with van der Waals surface area (Å²) in [4.78, 5) is 31.5. The molecule has 0 radical (unpaired) electrons. The molecule has 0 aliphatic heterocycles. The van der Waals surface area contributed by atoms with Gasteiger partial charge in [0.1, 0.15) is 11.5 Å². The fraction of sp³-hybridized carbons (Fsp3) is 0.706. The molecule has 4 aliphatic carbocycles. The van der Waals surface area contributed by atoms with E-state index >= 15 is 0 Å². The summed E-state index contributed by atoms with van der Waals surface area (Å²) in [5.41, 5.74) is -0.0382. The number of H-pyrrole nitrogens is 1. The first-order valence-corrected chi connectivity index (χ1v) is 9.86. The Balaban J connectivity index is 1.55. The van der Waals surface area contributed by atoms with Crippen molar-refractivity contribution >= 4 is 17.7 Å². The van der Waals surface area contributed by atoms with Crippen LogP contribution in [-0.4, -0.2) is 27.7 Å². The zero-order valence-corrected chi connectivity index (χ0v) is 14.2. The number of thioether (sulfide) groups is 1. The molecule has 124 valence electrons. The smallest absolute Gasteiger partial charge is 0.270 e. The Morgan fingerprint density at radius 2 is 1.91 bits per heavy atom. The normalized spacial score (nSPS) is 34.6. The van der Waals surface area contributed by atoms with Gasteiger partial charge < -0.3 is 10.3 Å². The lowest BCUT2D eigenvalue weighted by Crippen LogP contribution is -2.60. The van der Waals surface area contributed by atoms with Crippen molar-refractivity contribution in [3.05, 3.63) is 27.9 Å². The molecule has 6 heteroatoms. The van der Waals surface area contributed by atoms with Crippen LogP contribution in [0, 0.1) is 17.8 Å². The molecule has 0 saturated heterocycles. The molecular formula is C17H23N3O2S. The highest BCUT2D eigenvalue weighted by Crippen LogP contribution is 2.55. The van der Waals surface area contributed by atoms with Gasteiger partial charge >= 0.3 is 0 Å². The summed E-state index contributed by atoms with van der Waals surface area (Å²) in [6, 6.07) is 1.32. The maximum Gasteiger partial charge on any atom is 0.270 e. The number of nitrogens with one attached hydrogen (secondary N) is 2. The van der Waals surface area contributed by atoms with Gasteiger partial charge in [-0.25, -0.2) is 4.98 Å². The van der Waals surface area contributed by atoms with Gasteiger partial charge in [0.25, 0.3) is 11.5 Å². The summed E-state index contributed by atoms with van der Waals surface area (Å²) >= 11 is 1.57. The largest absolute Gasteiger partial charge is 0.345 e. The van der Waals surface area contributed by atoms with Crippen LogP contribution < -0.4 is 10.9 Å². The van der Waals surface area contributed by atoms with Gasteiger partial charge in [-0.05, 0) is 62.5 Å². The highest BCUT2D eigenvalue weighted by atomic mass is 32.2. The van der Waals surface area contributed by atoms with Gasteiger partial charge in [0, 0.05) is 11.6 Å². The number of carbonyl (C=O) groups is 1. The van der Waals surface area contributed by atoms with Crippen molar-refractivity contribution in [1.29, 1.82) is 0 Å². The van der Waals surface area contributed by atoms with E-state index in [1.165, 1.54) is 25.3 Å². The van der Waals surface area contributed by atoms with Crippen LogP contribution in [0.3, 0.4) is 0 Å². The van der Waals surface area contributed by atoms with Crippen LogP contribution in [0.4, 0.5) is 0 Å². The third-order valence-corrected chi connectivity index (χ3v) is 6.28. The number of hydrogen-bond acceptors (Lipinski definition) is 4. The predicted octanol–water partition coefficient (Wildman–Crippen LogP) is 2.33. The van der Waals surface area contributed by atoms with Crippen molar-refractivity contribution in [3.63, 3.8) is 0 Å². The maximum atomic E-state index is 12.7. The summed E-state index contributed by atoms with van der Waals surface area (Å²) in [6.45, 7) is 0. The minimum Gasteiger partial charge on any atom is -0.345 e. The standard InChI is InChI=1S/C17H23N3O2S/c1-23-9-14-18-13(5-15(21)19-14)16(22)20-17-6-10-2-11(7-17)4-12(3-10)8-17/h5,10-12H,2-4,6-9H2,1H3,(H,20,22)(H,18,19,21). The molecule has 1 aromatic rings. The van der Waals surface area contributed by atoms with Crippen LogP contribution >= 0.6 is 11.8 Å². The van der Waals surface area contributed by atoms with E-state index in [-0.39, 0.29) is 22.7 Å². The van der Waals surface area contributed by atoms with Crippen LogP contribution in [0.2, 0.25) is 0 Å². The van der Waals surface area contributed by atoms with Crippen molar-refractivity contribution in [3.8, 4) is 0 Å². The topological polar surface area (TPSA) is 74.8 Å². The van der Waals surface area contributed by atoms with Crippen LogP contribution in [0.25, 0.3) is 0 Å². The summed E-state index contributed by atoms with van der Waals surface area (Å²) in [5.74, 6) is 3.33. The Hall–Kier alpha value is -1.30. The summed E-state index contributed by atoms with van der Waals surface area (Å²) in [6.07, 6.45) is 9.29. The second kappa shape index (κ2) is 5.65. The van der Waals surface area contributed by atoms with Crippen molar-refractivity contribution < 1.29 is 4.79 Å². The molecule has 5 rings (SSSR count). The number of nitrogens with zero attached hydrogens (tertiary/aromatic N) is 1. The fourth-order valence-electron chi connectivity index (χ4n) is 5.40. The first-order chi connectivity index (χ1) is 11.0. The first kappa shape index (κ1) is 15.2. The average Bonchev–Trinajstić information content (AvgIpc) is 2.45. The van der Waals surface area contributed by atoms with E-state index in [4.69, 9.17) is 0 Å². The Kier molecular flexibility index (Phi) is 3.75. The van der Waals surface area contributed by atoms with E-state index in [9.17, 15) is 9.59 Å². The fourth-order valence-corrected chi connectivity index (χ4v) is 5.81. The highest BCUT2D eigenvalue weighted by Gasteiger charge is 2.51. The Morgan fingerprint density at radius 1 is 1.30 bits per heavy atom. The van der Waals surface area contributed by atoms with Crippen LogP contribution in [-0.2, 0) is 5.75 Å². The van der Waals surface area contributed by atoms with Crippen molar-refractivity contribution in [2.24, 2.45) is 17.8 Å². The maximum absolute atomic E-state index is 12.7. The summed E-state index contributed by atoms with van der Waals surface area (Å²) < 4.78 is 0. The number of rotatable bonds is 4. The number of aromatic nitrogens is 2. The highest BCUT2D eigenvalue weighted by molar-refractivity contribution is 7.97. The van der Waals surface area contributed by atoms with E-state index in [0.29, 0.717) is 11.6 Å². The molecule has 0 unspecified atom stereocenters. The van der Waals surface area contributed by atoms with Crippen LogP contribution in [0.1, 0.15) is 54.8 Å². The molecule has 0 aromatic carbocycles. The van der Waals surface area contributed by atoms with Gasteiger partial charge in [-0.1, -0.05) is 0 Å². The van der Waals surface area contributed by atoms with E-state index in [2.05, 4.69) is 15.3 Å². The lowest BCUT2D eigenvalue weighted by atomic mass is 9.53. The first-order valence-electron chi connectivity index (χ1n) is 8.47. The van der Waals surface area contributed by atoms with E-state index in [0.717, 1.165) is 37.0 Å². The second-order valence-electron chi connectivity index (χ2n) is 7.66. The molecule has 1 heterocycles. The van der Waals surface area contributed by atoms with Gasteiger partial charge in [-0.2, -0.15) is 11.8 Å². The zero-order chi connectivity index (χ0) is 16.0. The van der Waals surface area contributed by atoms with Crippen LogP contribution in [0.5, 0.6) is 0 Å². The summed E-state index contributed by atoms with van der Waals surface area (Å²) in [5, 5.41) is 3.28. The van der Waals surface area contributed by atoms with Gasteiger partial charge in [-0.3, -0.25) is 9.59 Å². The molecular weight excluding hydrogens is 310 g/mol. The monoisotopic (exact) mass is 333 g/mol. The van der Waals surface area contributed by atoms with E-state index < -0.39 is 0 Å². The number of amides is 1. The Labute approximate surface area is 140 Å². The number of hydrogen-bond donors (Lipinski definition) is 2. The van der Waals surface area contributed by atoms with E-state index in [1.54, 1.807) is 11.8 Å². The number of carbonyl (C=O) groups excluding carboxylic acids is 1. The van der Waals surface area contributed by atoms with Gasteiger partial charge in [0.2, 0.25) is 0 Å². The van der Waals surface area contributed by atoms with Crippen molar-refractivity contribution in [2.45, 2.75) is 49.8 Å². The molecule has 0 spiro atoms. The van der Waals surface area contributed by atoms with Gasteiger partial charge in [0.05, 0.1) is 5.75 Å². The third-order valence-electron chi connectivity index (χ3n) is 5.72. The van der Waals surface area contributed by atoms with Crippen molar-refractivity contribution in [1.82, 2.24) is 15.3 Å². The van der Waals surface area contributed by atoms with E-state index in [1.807, 2.05) is 6.26 Å². The molecule has 0 atom stereocenters. The molecule has 1 aromatic heterocycles. The average molecular weight is 333 g/mol.